The number of H-pyrrole nitrogens is 1. The number of para-hydroxylation sites is 1. The Labute approximate surface area is 233 Å². The van der Waals surface area contributed by atoms with E-state index < -0.39 is 67.8 Å². The van der Waals surface area contributed by atoms with Crippen LogP contribution in [0.15, 0.2) is 47.4 Å². The number of esters is 1. The molecule has 1 unspecified atom stereocenters. The Bertz CT molecular complexity index is 1610. The molecule has 1 fully saturated rings. The van der Waals surface area contributed by atoms with Crippen LogP contribution in [0.2, 0.25) is 0 Å². The monoisotopic (exact) mass is 575 g/mol. The molecule has 6 atom stereocenters. The highest BCUT2D eigenvalue weighted by molar-refractivity contribution is 7.54. The zero-order valence-electron chi connectivity index (χ0n) is 24.0. The lowest BCUT2D eigenvalue weighted by molar-refractivity contribution is -0.151. The van der Waals surface area contributed by atoms with Gasteiger partial charge in [0, 0.05) is 6.20 Å². The highest BCUT2D eigenvalue weighted by Crippen LogP contribution is 2.51. The predicted octanol–water partition coefficient (Wildman–Crippen LogP) is 1.77. The highest BCUT2D eigenvalue weighted by Gasteiger charge is 2.55. The van der Waals surface area contributed by atoms with Gasteiger partial charge in [0.2, 0.25) is 5.95 Å². The molecule has 1 aliphatic heterocycles. The molecule has 0 bridgehead atoms. The minimum absolute atomic E-state index is 0.0104. The van der Waals surface area contributed by atoms with Crippen LogP contribution >= 0.6 is 7.60 Å². The summed E-state index contributed by atoms with van der Waals surface area (Å²) >= 11 is 0. The number of hydrogen-bond acceptors (Lipinski definition) is 11. The Morgan fingerprint density at radius 3 is 2.73 bits per heavy atom. The van der Waals surface area contributed by atoms with Gasteiger partial charge in [-0.05, 0) is 32.0 Å². The van der Waals surface area contributed by atoms with Gasteiger partial charge in [-0.2, -0.15) is 4.98 Å². The zero-order valence-corrected chi connectivity index (χ0v) is 22.9. The molecule has 13 nitrogen and oxygen atoms in total. The molecule has 1 aliphatic rings. The van der Waals surface area contributed by atoms with E-state index in [9.17, 15) is 19.3 Å². The van der Waals surface area contributed by atoms with E-state index in [0.29, 0.717) is 0 Å². The fourth-order valence-corrected chi connectivity index (χ4v) is 5.86. The van der Waals surface area contributed by atoms with Crippen molar-refractivity contribution >= 4 is 30.5 Å². The van der Waals surface area contributed by atoms with Crippen molar-refractivity contribution in [2.45, 2.75) is 50.8 Å². The molecule has 4 rings (SSSR count). The van der Waals surface area contributed by atoms with Gasteiger partial charge in [0.15, 0.2) is 17.4 Å². The van der Waals surface area contributed by atoms with Crippen molar-refractivity contribution in [3.8, 4) is 18.1 Å². The lowest BCUT2D eigenvalue weighted by atomic mass is 9.92. The Balaban J connectivity index is 1.69. The van der Waals surface area contributed by atoms with Crippen molar-refractivity contribution in [1.82, 2.24) is 14.5 Å². The first-order valence-electron chi connectivity index (χ1n) is 13.3. The zero-order chi connectivity index (χ0) is 31.0. The quantitative estimate of drug-likeness (QED) is 0.156. The van der Waals surface area contributed by atoms with Crippen LogP contribution in [0.5, 0.6) is 5.75 Å². The third-order valence-corrected chi connectivity index (χ3v) is 7.98. The van der Waals surface area contributed by atoms with E-state index in [-0.39, 0.29) is 22.7 Å². The number of hydrogen-bond donors (Lipinski definition) is 4. The number of terminal acetylenes is 1. The van der Waals surface area contributed by atoms with Gasteiger partial charge in [-0.1, -0.05) is 31.0 Å². The third-order valence-electron chi connectivity index (χ3n) is 6.11. The van der Waals surface area contributed by atoms with E-state index >= 15 is 0 Å². The van der Waals surface area contributed by atoms with E-state index in [2.05, 4.69) is 15.9 Å². The number of nitrogen functional groups attached to an aromatic ring is 1. The summed E-state index contributed by atoms with van der Waals surface area (Å²) in [5, 5.41) is 11.3. The molecule has 214 valence electrons. The average Bonchev–Trinajstić information content (AvgIpc) is 3.42. The molecule has 1 aromatic carbocycles. The minimum Gasteiger partial charge on any atom is -0.463 e. The first-order chi connectivity index (χ1) is 19.6. The van der Waals surface area contributed by atoms with Crippen LogP contribution in [-0.2, 0) is 23.4 Å². The van der Waals surface area contributed by atoms with Crippen LogP contribution in [0.4, 0.5) is 5.95 Å². The molecule has 0 spiro atoms. The standard InChI is InChI=1S/C26H32N5O8P/c1-5-26(28)20(32)19(38-24(26)31-12-11-18-21(31)29-25(27)30-22(18)33)13-36-40(35,39-17-9-7-6-8-10-17)14-16(4)23(34)37-15(2)3/h1,6-12,15-16,19-20,24,32H,13-14,28H2,2-4H3,(H3,27,29,30,33)/t16-,19-,20+,24-,26?,40+/m1/s1/i13D2. The number of nitrogens with two attached hydrogens (primary N) is 2. The Kier molecular flexibility index (Phi) is 7.60. The van der Waals surface area contributed by atoms with Gasteiger partial charge in [0.1, 0.15) is 18.0 Å². The first kappa shape index (κ1) is 26.6. The summed E-state index contributed by atoms with van der Waals surface area (Å²) in [6, 6.07) is 9.22. The van der Waals surface area contributed by atoms with Gasteiger partial charge < -0.3 is 35.1 Å². The summed E-state index contributed by atoms with van der Waals surface area (Å²) in [4.78, 5) is 31.3. The van der Waals surface area contributed by atoms with Gasteiger partial charge in [-0.15, -0.1) is 6.42 Å². The summed E-state index contributed by atoms with van der Waals surface area (Å²) in [6.45, 7) is 1.68. The van der Waals surface area contributed by atoms with Crippen LogP contribution in [0.1, 0.15) is 29.7 Å². The van der Waals surface area contributed by atoms with Crippen molar-refractivity contribution in [2.24, 2.45) is 11.7 Å². The largest absolute Gasteiger partial charge is 0.463 e. The smallest absolute Gasteiger partial charge is 0.380 e. The van der Waals surface area contributed by atoms with E-state index in [0.717, 1.165) is 0 Å². The number of fused-ring (bicyclic) bond motifs is 1. The van der Waals surface area contributed by atoms with Gasteiger partial charge in [-0.3, -0.25) is 19.1 Å². The molecule has 3 aromatic rings. The fraction of sp³-hybridized carbons (Fsp3) is 0.423. The maximum absolute atomic E-state index is 14.1. The average molecular weight is 576 g/mol. The second-order valence-electron chi connectivity index (χ2n) is 9.64. The number of aliphatic hydroxyl groups excluding tert-OH is 1. The van der Waals surface area contributed by atoms with Crippen LogP contribution in [0.3, 0.4) is 0 Å². The molecule has 2 aromatic heterocycles. The Hall–Kier alpha value is -3.66. The van der Waals surface area contributed by atoms with Crippen LogP contribution in [0.25, 0.3) is 11.0 Å². The summed E-state index contributed by atoms with van der Waals surface area (Å²) in [6.07, 6.45) is 0.722. The second-order valence-corrected chi connectivity index (χ2v) is 11.6. The molecule has 40 heavy (non-hydrogen) atoms. The van der Waals surface area contributed by atoms with Crippen molar-refractivity contribution in [3.05, 3.63) is 52.9 Å². The number of nitrogens with one attached hydrogen (secondary N) is 1. The van der Waals surface area contributed by atoms with Crippen molar-refractivity contribution in [3.63, 3.8) is 0 Å². The topological polar surface area (TPSA) is 194 Å². The third kappa shape index (κ3) is 5.91. The van der Waals surface area contributed by atoms with Crippen LogP contribution < -0.4 is 21.6 Å². The number of rotatable bonds is 10. The van der Waals surface area contributed by atoms with E-state index in [1.807, 2.05) is 0 Å². The van der Waals surface area contributed by atoms with E-state index in [1.54, 1.807) is 32.0 Å². The number of benzene rings is 1. The lowest BCUT2D eigenvalue weighted by Gasteiger charge is -2.28. The fourth-order valence-electron chi connectivity index (χ4n) is 4.14. The number of aromatic amines is 1. The van der Waals surface area contributed by atoms with Crippen LogP contribution in [0, 0.1) is 18.3 Å². The number of aliphatic hydroxyl groups is 1. The van der Waals surface area contributed by atoms with Crippen molar-refractivity contribution in [2.75, 3.05) is 18.5 Å². The number of nitrogens with zero attached hydrogens (tertiary/aromatic N) is 2. The van der Waals surface area contributed by atoms with Gasteiger partial charge in [-0.25, -0.2) is 4.57 Å². The molecule has 6 N–H and O–H groups in total. The molecule has 14 heteroatoms. The molecule has 0 amide bonds. The lowest BCUT2D eigenvalue weighted by Crippen LogP contribution is -2.53. The molecular weight excluding hydrogens is 541 g/mol. The highest BCUT2D eigenvalue weighted by atomic mass is 31.2. The Morgan fingerprint density at radius 1 is 1.38 bits per heavy atom. The van der Waals surface area contributed by atoms with E-state index in [4.69, 9.17) is 39.2 Å². The van der Waals surface area contributed by atoms with Gasteiger partial charge >= 0.3 is 13.6 Å². The predicted molar refractivity (Wildman–Crippen MR) is 146 cm³/mol. The summed E-state index contributed by atoms with van der Waals surface area (Å²) in [5.41, 5.74) is 9.46. The first-order valence-corrected chi connectivity index (χ1v) is 14.0. The Morgan fingerprint density at radius 2 is 2.08 bits per heavy atom. The number of ether oxygens (including phenoxy) is 2. The molecule has 3 heterocycles. The number of anilines is 1. The summed E-state index contributed by atoms with van der Waals surface area (Å²) in [5.74, 6) is 0.387. The normalized spacial score (nSPS) is 26.0. The van der Waals surface area contributed by atoms with Crippen LogP contribution in [-0.4, -0.2) is 62.2 Å². The molecular formula is C26H32N5O8P. The summed E-state index contributed by atoms with van der Waals surface area (Å²) < 4.78 is 54.9. The molecule has 0 aliphatic carbocycles. The van der Waals surface area contributed by atoms with Crippen molar-refractivity contribution < 1.29 is 35.7 Å². The SMILES string of the molecule is [2H]C([2H])(O[P@@](=O)(C[C@@H](C)C(=O)OC(C)C)Oc1ccccc1)[C@H]1O[C@@H](n2ccc3c(=O)[nH]c(N)nc32)C(N)(C#C)[C@H]1O. The van der Waals surface area contributed by atoms with Crippen molar-refractivity contribution in [1.29, 1.82) is 0 Å². The van der Waals surface area contributed by atoms with E-state index in [1.165, 1.54) is 35.9 Å². The maximum atomic E-state index is 14.1. The summed E-state index contributed by atoms with van der Waals surface area (Å²) in [7, 11) is -4.52. The number of carbonyl (C=O) groups is 1. The molecule has 1 saturated heterocycles. The second kappa shape index (κ2) is 11.4. The van der Waals surface area contributed by atoms with Gasteiger partial charge in [0.25, 0.3) is 5.56 Å². The number of aromatic nitrogens is 3. The molecule has 0 saturated carbocycles. The minimum atomic E-state index is -4.52. The number of carbonyl (C=O) groups excluding carboxylic acids is 1. The maximum Gasteiger partial charge on any atom is 0.380 e. The van der Waals surface area contributed by atoms with Gasteiger partial charge in [0.05, 0.1) is 32.9 Å². The molecule has 0 radical (unpaired) electrons.